The minimum atomic E-state index is 0. The number of rotatable bonds is 3. The van der Waals surface area contributed by atoms with Crippen LogP contribution in [0.5, 0.6) is 0 Å². The van der Waals surface area contributed by atoms with Gasteiger partial charge in [0.15, 0.2) is 12.4 Å². The molecule has 1 aromatic rings. The van der Waals surface area contributed by atoms with Crippen molar-refractivity contribution in [1.29, 1.82) is 0 Å². The summed E-state index contributed by atoms with van der Waals surface area (Å²) in [6.45, 7) is 3.36. The van der Waals surface area contributed by atoms with Gasteiger partial charge in [0, 0.05) is 18.6 Å². The third-order valence-electron chi connectivity index (χ3n) is 1.55. The van der Waals surface area contributed by atoms with Gasteiger partial charge in [-0.1, -0.05) is 19.4 Å². The molecule has 1 heterocycles. The number of aryl methyl sites for hydroxylation is 1. The summed E-state index contributed by atoms with van der Waals surface area (Å²) < 4.78 is 2.21. The summed E-state index contributed by atoms with van der Waals surface area (Å²) in [7, 11) is 0. The van der Waals surface area contributed by atoms with Crippen LogP contribution in [0.15, 0.2) is 30.6 Å². The molecule has 62 valence electrons. The molecular weight excluding hydrogens is 249 g/mol. The Labute approximate surface area is 85.5 Å². The van der Waals surface area contributed by atoms with E-state index in [0.29, 0.717) is 0 Å². The number of nitrogens with zero attached hydrogens (tertiary/aromatic N) is 1. The molecule has 0 saturated heterocycles. The molecule has 1 rings (SSSR count). The van der Waals surface area contributed by atoms with Crippen molar-refractivity contribution in [2.24, 2.45) is 0 Å². The van der Waals surface area contributed by atoms with Crippen molar-refractivity contribution >= 4 is 0 Å². The molecule has 0 saturated carbocycles. The molecule has 0 unspecified atom stereocenters. The van der Waals surface area contributed by atoms with Gasteiger partial charge in [0.1, 0.15) is 6.54 Å². The van der Waals surface area contributed by atoms with Crippen LogP contribution in [-0.4, -0.2) is 0 Å². The van der Waals surface area contributed by atoms with E-state index in [-0.39, 0.29) is 24.0 Å². The Kier molecular flexibility index (Phi) is 6.51. The molecule has 1 nitrogen and oxygen atoms in total. The molecule has 0 N–H and O–H groups in total. The van der Waals surface area contributed by atoms with Crippen molar-refractivity contribution in [3.63, 3.8) is 0 Å². The average Bonchev–Trinajstić information content (AvgIpc) is 2.03. The summed E-state index contributed by atoms with van der Waals surface area (Å²) in [5.41, 5.74) is 0. The summed E-state index contributed by atoms with van der Waals surface area (Å²) in [6.07, 6.45) is 6.75. The fourth-order valence-electron chi connectivity index (χ4n) is 0.924. The molecule has 0 aliphatic carbocycles. The largest absolute Gasteiger partial charge is 1.00 e. The summed E-state index contributed by atoms with van der Waals surface area (Å²) in [6, 6.07) is 6.17. The van der Waals surface area contributed by atoms with Crippen molar-refractivity contribution in [3.8, 4) is 0 Å². The molecule has 1 aromatic heterocycles. The molecule has 2 heteroatoms. The Morgan fingerprint density at radius 3 is 2.27 bits per heavy atom. The van der Waals surface area contributed by atoms with E-state index in [1.807, 2.05) is 6.07 Å². The molecule has 0 bridgehead atoms. The third-order valence-corrected chi connectivity index (χ3v) is 1.55. The molecule has 0 spiro atoms. The van der Waals surface area contributed by atoms with Crippen LogP contribution in [0.4, 0.5) is 0 Å². The minimum Gasteiger partial charge on any atom is -1.00 e. The maximum absolute atomic E-state index is 2.21. The maximum Gasteiger partial charge on any atom is 0.168 e. The Morgan fingerprint density at radius 2 is 1.73 bits per heavy atom. The lowest BCUT2D eigenvalue weighted by atomic mass is 10.3. The molecule has 0 fully saturated rings. The van der Waals surface area contributed by atoms with Crippen LogP contribution in [0.1, 0.15) is 19.8 Å². The zero-order valence-corrected chi connectivity index (χ0v) is 8.99. The second-order valence-electron chi connectivity index (χ2n) is 2.47. The molecule has 0 aromatic carbocycles. The first-order valence-corrected chi connectivity index (χ1v) is 3.87. The maximum atomic E-state index is 2.21. The van der Waals surface area contributed by atoms with E-state index in [4.69, 9.17) is 0 Å². The van der Waals surface area contributed by atoms with Crippen molar-refractivity contribution in [2.45, 2.75) is 26.3 Å². The van der Waals surface area contributed by atoms with E-state index in [1.54, 1.807) is 0 Å². The first-order chi connectivity index (χ1) is 4.93. The molecule has 0 aliphatic rings. The normalized spacial score (nSPS) is 8.82. The number of pyridine rings is 1. The van der Waals surface area contributed by atoms with Crippen LogP contribution in [0.3, 0.4) is 0 Å². The first-order valence-electron chi connectivity index (χ1n) is 3.87. The van der Waals surface area contributed by atoms with E-state index >= 15 is 0 Å². The van der Waals surface area contributed by atoms with E-state index in [1.165, 1.54) is 12.8 Å². The fraction of sp³-hybridized carbons (Fsp3) is 0.444. The van der Waals surface area contributed by atoms with Gasteiger partial charge in [-0.25, -0.2) is 4.57 Å². The van der Waals surface area contributed by atoms with E-state index in [9.17, 15) is 0 Å². The molecule has 0 aliphatic heterocycles. The van der Waals surface area contributed by atoms with Gasteiger partial charge in [0.2, 0.25) is 0 Å². The average molecular weight is 263 g/mol. The van der Waals surface area contributed by atoms with Gasteiger partial charge in [-0.2, -0.15) is 0 Å². The zero-order chi connectivity index (χ0) is 7.23. The summed E-state index contributed by atoms with van der Waals surface area (Å²) >= 11 is 0. The number of hydrogen-bond donors (Lipinski definition) is 0. The van der Waals surface area contributed by atoms with Crippen LogP contribution in [0, 0.1) is 0 Å². The second-order valence-corrected chi connectivity index (χ2v) is 2.47. The SMILES string of the molecule is CCCC[n+]1ccccc1.[I-]. The molecular formula is C9H14IN. The van der Waals surface area contributed by atoms with Crippen LogP contribution in [-0.2, 0) is 6.54 Å². The number of unbranched alkanes of at least 4 members (excludes halogenated alkanes) is 1. The van der Waals surface area contributed by atoms with E-state index in [2.05, 4.69) is 36.0 Å². The quantitative estimate of drug-likeness (QED) is 0.475. The number of hydrogen-bond acceptors (Lipinski definition) is 0. The topological polar surface area (TPSA) is 3.88 Å². The van der Waals surface area contributed by atoms with Crippen molar-refractivity contribution < 1.29 is 28.5 Å². The van der Waals surface area contributed by atoms with E-state index < -0.39 is 0 Å². The molecule has 0 atom stereocenters. The van der Waals surface area contributed by atoms with Crippen LogP contribution < -0.4 is 28.5 Å². The number of aromatic nitrogens is 1. The number of halogens is 1. The Balaban J connectivity index is 0.000001000. The smallest absolute Gasteiger partial charge is 0.168 e. The minimum absolute atomic E-state index is 0. The van der Waals surface area contributed by atoms with Gasteiger partial charge in [0.25, 0.3) is 0 Å². The lowest BCUT2D eigenvalue weighted by Crippen LogP contribution is -3.00. The predicted octanol–water partition coefficient (Wildman–Crippen LogP) is -1.22. The highest BCUT2D eigenvalue weighted by Crippen LogP contribution is 1.85. The lowest BCUT2D eigenvalue weighted by molar-refractivity contribution is -0.697. The van der Waals surface area contributed by atoms with Crippen LogP contribution in [0.2, 0.25) is 0 Å². The summed E-state index contributed by atoms with van der Waals surface area (Å²) in [4.78, 5) is 0. The monoisotopic (exact) mass is 263 g/mol. The summed E-state index contributed by atoms with van der Waals surface area (Å²) in [5, 5.41) is 0. The zero-order valence-electron chi connectivity index (χ0n) is 6.83. The lowest BCUT2D eigenvalue weighted by Gasteiger charge is -1.91. The van der Waals surface area contributed by atoms with Gasteiger partial charge in [0.05, 0.1) is 0 Å². The van der Waals surface area contributed by atoms with Gasteiger partial charge in [-0.05, 0) is 0 Å². The standard InChI is InChI=1S/C9H14N.HI/c1-2-3-7-10-8-5-4-6-9-10;/h4-6,8-9H,2-3,7H2,1H3;1H/q+1;/p-1. The third kappa shape index (κ3) is 4.35. The highest BCUT2D eigenvalue weighted by Gasteiger charge is 1.93. The Hall–Kier alpha value is -0.120. The van der Waals surface area contributed by atoms with Gasteiger partial charge >= 0.3 is 0 Å². The Bertz CT molecular complexity index is 174. The Morgan fingerprint density at radius 1 is 1.09 bits per heavy atom. The molecule has 0 radical (unpaired) electrons. The van der Waals surface area contributed by atoms with Gasteiger partial charge in [-0.15, -0.1) is 0 Å². The van der Waals surface area contributed by atoms with Crippen molar-refractivity contribution in [2.75, 3.05) is 0 Å². The highest BCUT2D eigenvalue weighted by atomic mass is 127. The fourth-order valence-corrected chi connectivity index (χ4v) is 0.924. The van der Waals surface area contributed by atoms with E-state index in [0.717, 1.165) is 6.54 Å². The van der Waals surface area contributed by atoms with Crippen molar-refractivity contribution in [3.05, 3.63) is 30.6 Å². The predicted molar refractivity (Wildman–Crippen MR) is 41.5 cm³/mol. The van der Waals surface area contributed by atoms with Gasteiger partial charge in [-0.3, -0.25) is 0 Å². The van der Waals surface area contributed by atoms with Crippen LogP contribution in [0.25, 0.3) is 0 Å². The van der Waals surface area contributed by atoms with Crippen molar-refractivity contribution in [1.82, 2.24) is 0 Å². The molecule has 0 amide bonds. The molecule has 11 heavy (non-hydrogen) atoms. The highest BCUT2D eigenvalue weighted by molar-refractivity contribution is 4.83. The van der Waals surface area contributed by atoms with Gasteiger partial charge < -0.3 is 24.0 Å². The van der Waals surface area contributed by atoms with Crippen LogP contribution >= 0.6 is 0 Å². The first kappa shape index (κ1) is 10.9. The summed E-state index contributed by atoms with van der Waals surface area (Å²) in [5.74, 6) is 0. The second kappa shape index (κ2) is 6.58.